The second kappa shape index (κ2) is 6.96. The van der Waals surface area contributed by atoms with Crippen LogP contribution in [0.1, 0.15) is 6.42 Å². The van der Waals surface area contributed by atoms with Crippen LogP contribution in [-0.4, -0.2) is 59.9 Å². The van der Waals surface area contributed by atoms with Gasteiger partial charge >= 0.3 is 0 Å². The molecule has 7 heteroatoms. The SMILES string of the molecule is O=C([C@H]1COc2ccccc2O1)N1CCCN(c2cccnn2)CC1. The molecule has 2 aromatic rings. The quantitative estimate of drug-likeness (QED) is 0.822. The summed E-state index contributed by atoms with van der Waals surface area (Å²) in [5.41, 5.74) is 0. The Hall–Kier alpha value is -2.83. The van der Waals surface area contributed by atoms with Gasteiger partial charge in [0.25, 0.3) is 5.91 Å². The van der Waals surface area contributed by atoms with Gasteiger partial charge in [-0.25, -0.2) is 0 Å². The number of carbonyl (C=O) groups is 1. The zero-order valence-corrected chi connectivity index (χ0v) is 13.9. The van der Waals surface area contributed by atoms with Crippen molar-refractivity contribution in [1.82, 2.24) is 15.1 Å². The number of amides is 1. The summed E-state index contributed by atoms with van der Waals surface area (Å²) in [6.07, 6.45) is 1.96. The molecule has 25 heavy (non-hydrogen) atoms. The summed E-state index contributed by atoms with van der Waals surface area (Å²) in [5.74, 6) is 2.15. The largest absolute Gasteiger partial charge is 0.485 e. The molecule has 1 saturated heterocycles. The van der Waals surface area contributed by atoms with E-state index in [1.54, 1.807) is 6.20 Å². The Morgan fingerprint density at radius 2 is 1.92 bits per heavy atom. The van der Waals surface area contributed by atoms with Crippen molar-refractivity contribution in [2.45, 2.75) is 12.5 Å². The summed E-state index contributed by atoms with van der Waals surface area (Å²) in [5, 5.41) is 8.09. The van der Waals surface area contributed by atoms with Crippen molar-refractivity contribution in [2.75, 3.05) is 37.7 Å². The average Bonchev–Trinajstić information content (AvgIpc) is 2.94. The van der Waals surface area contributed by atoms with Gasteiger partial charge in [0.2, 0.25) is 6.10 Å². The van der Waals surface area contributed by atoms with Crippen molar-refractivity contribution in [1.29, 1.82) is 0 Å². The third-order valence-electron chi connectivity index (χ3n) is 4.47. The van der Waals surface area contributed by atoms with E-state index in [0.29, 0.717) is 24.6 Å². The van der Waals surface area contributed by atoms with E-state index < -0.39 is 6.10 Å². The van der Waals surface area contributed by atoms with Gasteiger partial charge in [-0.2, -0.15) is 5.10 Å². The first-order valence-electron chi connectivity index (χ1n) is 8.51. The first-order valence-corrected chi connectivity index (χ1v) is 8.51. The maximum atomic E-state index is 12.8. The van der Waals surface area contributed by atoms with Crippen molar-refractivity contribution < 1.29 is 14.3 Å². The van der Waals surface area contributed by atoms with Crippen LogP contribution < -0.4 is 14.4 Å². The second-order valence-corrected chi connectivity index (χ2v) is 6.11. The molecule has 1 amide bonds. The number of carbonyl (C=O) groups excluding carboxylic acids is 1. The fourth-order valence-corrected chi connectivity index (χ4v) is 3.17. The first-order chi connectivity index (χ1) is 12.3. The first kappa shape index (κ1) is 15.7. The van der Waals surface area contributed by atoms with Crippen LogP contribution in [0.2, 0.25) is 0 Å². The Kier molecular flexibility index (Phi) is 4.37. The zero-order chi connectivity index (χ0) is 17.1. The minimum Gasteiger partial charge on any atom is -0.485 e. The highest BCUT2D eigenvalue weighted by Gasteiger charge is 2.32. The third-order valence-corrected chi connectivity index (χ3v) is 4.47. The molecule has 3 heterocycles. The lowest BCUT2D eigenvalue weighted by atomic mass is 10.2. The molecule has 0 bridgehead atoms. The standard InChI is InChI=1S/C18H20N4O3/c23-18(16-13-24-14-5-1-2-6-15(14)25-16)22-10-4-9-21(11-12-22)17-7-3-8-19-20-17/h1-3,5-8,16H,4,9-13H2/t16-/m1/s1. The van der Waals surface area contributed by atoms with Crippen LogP contribution >= 0.6 is 0 Å². The van der Waals surface area contributed by atoms with E-state index in [4.69, 9.17) is 9.47 Å². The number of benzene rings is 1. The summed E-state index contributed by atoms with van der Waals surface area (Å²) in [6.45, 7) is 3.18. The van der Waals surface area contributed by atoms with E-state index in [0.717, 1.165) is 25.3 Å². The second-order valence-electron chi connectivity index (χ2n) is 6.11. The highest BCUT2D eigenvalue weighted by Crippen LogP contribution is 2.31. The van der Waals surface area contributed by atoms with Crippen molar-refractivity contribution >= 4 is 11.7 Å². The van der Waals surface area contributed by atoms with E-state index in [-0.39, 0.29) is 12.5 Å². The number of hydrogen-bond donors (Lipinski definition) is 0. The van der Waals surface area contributed by atoms with Crippen LogP contribution in [0.3, 0.4) is 0 Å². The van der Waals surface area contributed by atoms with Crippen LogP contribution in [0.5, 0.6) is 11.5 Å². The van der Waals surface area contributed by atoms with Crippen LogP contribution in [-0.2, 0) is 4.79 Å². The van der Waals surface area contributed by atoms with Gasteiger partial charge in [-0.3, -0.25) is 4.79 Å². The lowest BCUT2D eigenvalue weighted by molar-refractivity contribution is -0.141. The number of rotatable bonds is 2. The summed E-state index contributed by atoms with van der Waals surface area (Å²) in [4.78, 5) is 16.9. The Morgan fingerprint density at radius 3 is 2.76 bits per heavy atom. The van der Waals surface area contributed by atoms with E-state index in [1.807, 2.05) is 41.3 Å². The summed E-state index contributed by atoms with van der Waals surface area (Å²) in [6, 6.07) is 11.3. The number of nitrogens with zero attached hydrogens (tertiary/aromatic N) is 4. The molecule has 4 rings (SSSR count). The van der Waals surface area contributed by atoms with Crippen LogP contribution in [0, 0.1) is 0 Å². The molecule has 0 radical (unpaired) electrons. The maximum absolute atomic E-state index is 12.8. The maximum Gasteiger partial charge on any atom is 0.267 e. The van der Waals surface area contributed by atoms with Crippen molar-refractivity contribution in [3.63, 3.8) is 0 Å². The molecule has 1 fully saturated rings. The number of ether oxygens (including phenoxy) is 2. The lowest BCUT2D eigenvalue weighted by Crippen LogP contribution is -2.47. The zero-order valence-electron chi connectivity index (χ0n) is 13.9. The van der Waals surface area contributed by atoms with Gasteiger partial charge in [-0.1, -0.05) is 12.1 Å². The fourth-order valence-electron chi connectivity index (χ4n) is 3.17. The van der Waals surface area contributed by atoms with Crippen LogP contribution in [0.4, 0.5) is 5.82 Å². The molecule has 0 saturated carbocycles. The normalized spacial score (nSPS) is 20.1. The third kappa shape index (κ3) is 3.35. The molecule has 0 unspecified atom stereocenters. The van der Waals surface area contributed by atoms with Gasteiger partial charge in [0.05, 0.1) is 0 Å². The molecular weight excluding hydrogens is 320 g/mol. The molecule has 2 aliphatic heterocycles. The Bertz CT molecular complexity index is 740. The molecule has 2 aliphatic rings. The van der Waals surface area contributed by atoms with Crippen molar-refractivity contribution in [3.05, 3.63) is 42.6 Å². The topological polar surface area (TPSA) is 67.8 Å². The Morgan fingerprint density at radius 1 is 1.04 bits per heavy atom. The summed E-state index contributed by atoms with van der Waals surface area (Å²) in [7, 11) is 0. The van der Waals surface area contributed by atoms with E-state index >= 15 is 0 Å². The van der Waals surface area contributed by atoms with Crippen molar-refractivity contribution in [2.24, 2.45) is 0 Å². The van der Waals surface area contributed by atoms with E-state index in [1.165, 1.54) is 0 Å². The van der Waals surface area contributed by atoms with Gasteiger partial charge in [0.1, 0.15) is 6.61 Å². The van der Waals surface area contributed by atoms with E-state index in [2.05, 4.69) is 15.1 Å². The molecule has 0 aliphatic carbocycles. The molecule has 0 spiro atoms. The van der Waals surface area contributed by atoms with Gasteiger partial charge < -0.3 is 19.3 Å². The molecule has 130 valence electrons. The number of para-hydroxylation sites is 2. The number of hydrogen-bond acceptors (Lipinski definition) is 6. The smallest absolute Gasteiger partial charge is 0.267 e. The summed E-state index contributed by atoms with van der Waals surface area (Å²) >= 11 is 0. The van der Waals surface area contributed by atoms with Gasteiger partial charge in [-0.05, 0) is 30.7 Å². The summed E-state index contributed by atoms with van der Waals surface area (Å²) < 4.78 is 11.5. The minimum absolute atomic E-state index is 0.0181. The molecule has 0 N–H and O–H groups in total. The predicted molar refractivity (Wildman–Crippen MR) is 91.8 cm³/mol. The number of fused-ring (bicyclic) bond motifs is 1. The predicted octanol–water partition coefficient (Wildman–Crippen LogP) is 1.36. The number of aromatic nitrogens is 2. The van der Waals surface area contributed by atoms with Crippen LogP contribution in [0.15, 0.2) is 42.6 Å². The molecule has 7 nitrogen and oxygen atoms in total. The molecular formula is C18H20N4O3. The van der Waals surface area contributed by atoms with Gasteiger partial charge in [-0.15, -0.1) is 5.10 Å². The fraction of sp³-hybridized carbons (Fsp3) is 0.389. The Balaban J connectivity index is 1.40. The monoisotopic (exact) mass is 340 g/mol. The number of anilines is 1. The highest BCUT2D eigenvalue weighted by atomic mass is 16.6. The van der Waals surface area contributed by atoms with Crippen LogP contribution in [0.25, 0.3) is 0 Å². The van der Waals surface area contributed by atoms with Gasteiger partial charge in [0.15, 0.2) is 17.3 Å². The lowest BCUT2D eigenvalue weighted by Gasteiger charge is -2.30. The molecule has 1 atom stereocenters. The van der Waals surface area contributed by atoms with Gasteiger partial charge in [0, 0.05) is 32.4 Å². The molecule has 1 aromatic carbocycles. The van der Waals surface area contributed by atoms with Crippen molar-refractivity contribution in [3.8, 4) is 11.5 Å². The van der Waals surface area contributed by atoms with E-state index in [9.17, 15) is 4.79 Å². The minimum atomic E-state index is -0.585. The average molecular weight is 340 g/mol. The Labute approximate surface area is 146 Å². The highest BCUT2D eigenvalue weighted by molar-refractivity contribution is 5.82. The molecule has 1 aromatic heterocycles.